The Morgan fingerprint density at radius 1 is 0.380 bits per heavy atom. The van der Waals surface area contributed by atoms with Gasteiger partial charge in [0.25, 0.3) is 0 Å². The zero-order chi connectivity index (χ0) is 82.2. The summed E-state index contributed by atoms with van der Waals surface area (Å²) in [5.41, 5.74) is -2.10. The van der Waals surface area contributed by atoms with E-state index in [1.807, 2.05) is 0 Å². The minimum Gasteiger partial charge on any atom is -0.462 e. The first kappa shape index (κ1) is 95.8. The van der Waals surface area contributed by atoms with Crippen LogP contribution in [0.15, 0.2) is 0 Å². The van der Waals surface area contributed by atoms with Crippen molar-refractivity contribution < 1.29 is 181 Å². The van der Waals surface area contributed by atoms with Gasteiger partial charge in [-0.05, 0) is 126 Å². The highest BCUT2D eigenvalue weighted by molar-refractivity contribution is 5.79. The summed E-state index contributed by atoms with van der Waals surface area (Å²) in [6.45, 7) is 5.40. The molecule has 0 saturated heterocycles. The van der Waals surface area contributed by atoms with Gasteiger partial charge in [-0.2, -0.15) is 48.3 Å². The standard InChI is InChI=1S/C18H26F2O6.C18H26F2O5.C14H22F2O5.C10H13F5O5.C9H14F2O5/c1-11(21)24-8-14(9-25-16(2,19)20)26-15(22)17-4-12-3-13(5-17)7-18(23,6-12)10-17;1-11(21)23-9-15(10-24-17(2,19)20)25-16(22)18-6-12-3-13(7-18)5-14(4-12)8-18;1-10(17)19-8-12(9-20-14(2,15)16)21-13(18)11-6-4-3-5-7-11;1-6(16)19-10(9(13,14)15,20-7(2)17)18-5-4-8(3,11)12;1-6(12)14-4-8(16-7(2)13)5-15-9(3,10)11/h12-14,23H,3-10H2,1-2H3;12-15H,3-10H2,1-2H3;11-12H,3-9H2,1-2H3;4-5H2,1-3H3;8H,4-5H2,1-3H3. The monoisotopic (exact) mass is 1590 g/mol. The molecule has 108 heavy (non-hydrogen) atoms. The number of hydrogen-bond acceptors (Lipinski definition) is 26. The van der Waals surface area contributed by atoms with Gasteiger partial charge in [0.1, 0.15) is 26.4 Å². The Kier molecular flexibility index (Phi) is 36.5. The molecule has 9 rings (SSSR count). The van der Waals surface area contributed by atoms with Crippen LogP contribution in [0.4, 0.5) is 57.1 Å². The van der Waals surface area contributed by atoms with E-state index >= 15 is 0 Å². The summed E-state index contributed by atoms with van der Waals surface area (Å²) in [6.07, 6.45) is -9.50. The van der Waals surface area contributed by atoms with E-state index in [0.29, 0.717) is 98.3 Å². The summed E-state index contributed by atoms with van der Waals surface area (Å²) >= 11 is 0. The Balaban J connectivity index is 0.000000354. The summed E-state index contributed by atoms with van der Waals surface area (Å²) in [4.78, 5) is 113. The maximum absolute atomic E-state index is 13.0. The molecule has 9 aliphatic carbocycles. The van der Waals surface area contributed by atoms with Crippen molar-refractivity contribution in [2.45, 2.75) is 271 Å². The Morgan fingerprint density at radius 3 is 0.991 bits per heavy atom. The van der Waals surface area contributed by atoms with Gasteiger partial charge in [-0.3, -0.25) is 52.7 Å². The maximum atomic E-state index is 13.0. The number of ether oxygens (including phenoxy) is 15. The van der Waals surface area contributed by atoms with E-state index in [1.54, 1.807) is 0 Å². The highest BCUT2D eigenvalue weighted by atomic mass is 19.4. The van der Waals surface area contributed by atoms with Crippen molar-refractivity contribution >= 4 is 59.7 Å². The molecule has 6 atom stereocenters. The maximum Gasteiger partial charge on any atom is 0.500 e. The fourth-order valence-electron chi connectivity index (χ4n) is 14.5. The van der Waals surface area contributed by atoms with E-state index in [0.717, 1.165) is 71.6 Å². The molecule has 0 spiro atoms. The van der Waals surface area contributed by atoms with Crippen molar-refractivity contribution in [2.75, 3.05) is 59.5 Å². The summed E-state index contributed by atoms with van der Waals surface area (Å²) < 4.78 is 234. The smallest absolute Gasteiger partial charge is 0.462 e. The van der Waals surface area contributed by atoms with Crippen LogP contribution in [-0.4, -0.2) is 197 Å². The zero-order valence-electron chi connectivity index (χ0n) is 62.4. The van der Waals surface area contributed by atoms with Gasteiger partial charge in [0, 0.05) is 82.6 Å². The second-order valence-electron chi connectivity index (χ2n) is 28.9. The molecule has 0 aliphatic heterocycles. The van der Waals surface area contributed by atoms with Gasteiger partial charge in [-0.1, -0.05) is 19.3 Å². The SMILES string of the molecule is CC(=O)OC(OCCC(C)(F)F)(OC(C)=O)C(F)(F)F.CC(=O)OCC(COC(C)(F)F)OC(=O)C12CC3CC(CC(C3)C1)C2.CC(=O)OCC(COC(C)(F)F)OC(=O)C12CC3CC(CC(O)(C3)C1)C2.CC(=O)OCC(COC(C)(F)F)OC(=O)C1CCCCC1.CC(=O)OCC(COC(C)(F)F)OC(C)=O. The Morgan fingerprint density at radius 2 is 0.694 bits per heavy atom. The van der Waals surface area contributed by atoms with Crippen LogP contribution in [0.3, 0.4) is 0 Å². The third-order valence-electron chi connectivity index (χ3n) is 17.8. The number of alkyl halides is 13. The van der Waals surface area contributed by atoms with E-state index in [2.05, 4.69) is 42.6 Å². The van der Waals surface area contributed by atoms with Crippen LogP contribution in [0.1, 0.15) is 199 Å². The van der Waals surface area contributed by atoms with Crippen molar-refractivity contribution in [3.05, 3.63) is 0 Å². The number of rotatable bonds is 33. The molecule has 0 aromatic heterocycles. The lowest BCUT2D eigenvalue weighted by Gasteiger charge is -2.58. The molecule has 624 valence electrons. The fourth-order valence-corrected chi connectivity index (χ4v) is 14.5. The average Bonchev–Trinajstić information content (AvgIpc) is 0.729. The molecule has 9 fully saturated rings. The molecule has 8 bridgehead atoms. The second kappa shape index (κ2) is 41.2. The molecule has 0 aromatic rings. The normalized spacial score (nSPS) is 24.7. The Hall–Kier alpha value is -6.45. The van der Waals surface area contributed by atoms with E-state index in [9.17, 15) is 110 Å². The number of carbonyl (C=O) groups is 10. The molecular weight excluding hydrogens is 1490 g/mol. The highest BCUT2D eigenvalue weighted by Crippen LogP contribution is 2.63. The third-order valence-corrected chi connectivity index (χ3v) is 17.8. The van der Waals surface area contributed by atoms with Crippen LogP contribution in [0.2, 0.25) is 0 Å². The lowest BCUT2D eigenvalue weighted by Crippen LogP contribution is -2.59. The summed E-state index contributed by atoms with van der Waals surface area (Å²) in [6, 6.07) is 0. The quantitative estimate of drug-likeness (QED) is 0.0276. The number of esters is 10. The van der Waals surface area contributed by atoms with Crippen LogP contribution in [0.25, 0.3) is 0 Å². The Bertz CT molecular complexity index is 2870. The number of halogens is 13. The summed E-state index contributed by atoms with van der Waals surface area (Å²) in [5, 5.41) is 10.7. The summed E-state index contributed by atoms with van der Waals surface area (Å²) in [7, 11) is 0. The van der Waals surface area contributed by atoms with Gasteiger partial charge < -0.3 is 71.4 Å². The predicted molar refractivity (Wildman–Crippen MR) is 341 cm³/mol. The number of carbonyl (C=O) groups excluding carboxylic acids is 10. The lowest BCUT2D eigenvalue weighted by atomic mass is 9.48. The zero-order valence-corrected chi connectivity index (χ0v) is 62.4. The van der Waals surface area contributed by atoms with Crippen molar-refractivity contribution in [1.29, 1.82) is 0 Å². The van der Waals surface area contributed by atoms with Crippen LogP contribution in [-0.2, 0) is 119 Å². The minimum absolute atomic E-state index is 0.208. The molecular formula is C69H101F13O26. The van der Waals surface area contributed by atoms with Gasteiger partial charge >= 0.3 is 96.3 Å². The summed E-state index contributed by atoms with van der Waals surface area (Å²) in [5.74, 6) is -12.5. The Labute approximate surface area is 616 Å². The van der Waals surface area contributed by atoms with Gasteiger partial charge in [-0.25, -0.2) is 8.78 Å². The van der Waals surface area contributed by atoms with Gasteiger partial charge in [0.15, 0.2) is 24.4 Å². The molecule has 0 amide bonds. The molecule has 39 heteroatoms. The molecule has 6 unspecified atom stereocenters. The van der Waals surface area contributed by atoms with E-state index in [1.165, 1.54) is 40.0 Å². The second-order valence-corrected chi connectivity index (χ2v) is 28.9. The van der Waals surface area contributed by atoms with Crippen LogP contribution >= 0.6 is 0 Å². The van der Waals surface area contributed by atoms with Crippen molar-refractivity contribution in [2.24, 2.45) is 46.3 Å². The molecule has 26 nitrogen and oxygen atoms in total. The predicted octanol–water partition coefficient (Wildman–Crippen LogP) is 11.9. The number of aliphatic hydroxyl groups is 1. The van der Waals surface area contributed by atoms with Crippen LogP contribution in [0.5, 0.6) is 0 Å². The van der Waals surface area contributed by atoms with Crippen molar-refractivity contribution in [3.63, 3.8) is 0 Å². The third kappa shape index (κ3) is 37.0. The molecule has 0 aromatic carbocycles. The lowest BCUT2D eigenvalue weighted by molar-refractivity contribution is -0.454. The van der Waals surface area contributed by atoms with Crippen LogP contribution in [0, 0.1) is 46.3 Å². The van der Waals surface area contributed by atoms with Crippen molar-refractivity contribution in [3.8, 4) is 0 Å². The van der Waals surface area contributed by atoms with Crippen LogP contribution < -0.4 is 0 Å². The molecule has 1 N–H and O–H groups in total. The fraction of sp³-hybridized carbons (Fsp3) is 0.855. The first-order chi connectivity index (χ1) is 49.4. The first-order valence-electron chi connectivity index (χ1n) is 35.0. The van der Waals surface area contributed by atoms with E-state index in [4.69, 9.17) is 28.4 Å². The van der Waals surface area contributed by atoms with Crippen molar-refractivity contribution in [1.82, 2.24) is 0 Å². The average molecular weight is 1590 g/mol. The topological polar surface area (TPSA) is 329 Å². The van der Waals surface area contributed by atoms with E-state index in [-0.39, 0.29) is 50.2 Å². The largest absolute Gasteiger partial charge is 0.500 e. The molecule has 9 aliphatic rings. The highest BCUT2D eigenvalue weighted by Gasteiger charge is 2.65. The first-order valence-corrected chi connectivity index (χ1v) is 35.0. The minimum atomic E-state index is -5.45. The number of hydrogen-bond donors (Lipinski definition) is 1. The molecule has 9 saturated carbocycles. The van der Waals surface area contributed by atoms with E-state index < -0.39 is 177 Å². The van der Waals surface area contributed by atoms with Gasteiger partial charge in [0.2, 0.25) is 5.92 Å². The molecule has 0 heterocycles. The molecule has 0 radical (unpaired) electrons. The van der Waals surface area contributed by atoms with Gasteiger partial charge in [0.05, 0.1) is 55.4 Å². The van der Waals surface area contributed by atoms with Gasteiger partial charge in [-0.15, -0.1) is 0 Å².